The third kappa shape index (κ3) is 18.9. The van der Waals surface area contributed by atoms with E-state index in [1.807, 2.05) is 58.0 Å². The van der Waals surface area contributed by atoms with Crippen molar-refractivity contribution in [3.8, 4) is 0 Å². The van der Waals surface area contributed by atoms with Crippen LogP contribution in [0.4, 0.5) is 0 Å². The van der Waals surface area contributed by atoms with Crippen molar-refractivity contribution in [2.45, 2.75) is 105 Å². The minimum Gasteiger partial charge on any atom is -0.481 e. The number of aliphatic carboxylic acids is 1. The maximum absolute atomic E-state index is 12.0. The summed E-state index contributed by atoms with van der Waals surface area (Å²) in [5, 5.41) is 44.7. The number of esters is 4. The Hall–Kier alpha value is -9.74. The van der Waals surface area contributed by atoms with Crippen molar-refractivity contribution >= 4 is 77.3 Å². The van der Waals surface area contributed by atoms with Gasteiger partial charge in [-0.15, -0.1) is 12.4 Å². The molecule has 0 fully saturated rings. The number of rotatable bonds is 9. The molecule has 6 aromatic rings. The SMILES string of the molecule is COC(=O)c1ccc2c(c1)/C(=N\O)C(C)(C)C2.COC(=O)c1ccc2c(c1)C(=O)C(C)(C)C2.COC(=O)c1ccc2c(c1)C(=O)CC2.COC(=O)c1ccc2c(c1)C(N)C(C)(C)C2.Cl.NO.O=C(O)CCc1ccc(C(=O)O)cc1.O=C(O)c1ccc2c(c1)C(=O)CC2. The van der Waals surface area contributed by atoms with Crippen molar-refractivity contribution in [2.75, 3.05) is 28.4 Å². The zero-order valence-electron chi connectivity index (χ0n) is 53.4. The average molecular weight is 1300 g/mol. The number of oxime groups is 1. The Labute approximate surface area is 544 Å². The number of carboxylic acid groups (broad SMARTS) is 3. The third-order valence-electron chi connectivity index (χ3n) is 16.1. The van der Waals surface area contributed by atoms with Gasteiger partial charge in [0.15, 0.2) is 17.3 Å². The Balaban J connectivity index is 0.000000236. The molecule has 1 atom stereocenters. The van der Waals surface area contributed by atoms with Gasteiger partial charge in [0.2, 0.25) is 0 Å². The van der Waals surface area contributed by atoms with Crippen molar-refractivity contribution in [1.29, 1.82) is 0 Å². The number of carboxylic acids is 3. The highest BCUT2D eigenvalue weighted by Crippen LogP contribution is 2.44. The standard InChI is InChI=1S/C13H15NO3.C13H17NO2.C13H14O3.C11H10O3.C10H10O4.C10H8O3.ClH.H3NO/c1-13(2)7-9-5-4-8(12(15)17-3)6-10(9)11(13)14-16;2*1-13(2)7-9-5-4-8(12(15)16-3)6-10(9)11(13)14;1-14-11(13)8-3-2-7-4-5-10(12)9(7)6-8;11-9(12)6-3-7-1-4-8(5-2-7)10(13)14;11-9-4-3-6-1-2-7(10(12)13)5-8(6)9;;1-2/h4-6,16H,7H2,1-3H3;4-6,11H,7,14H2,1-3H3;4-6H,7H2,1-3H3;2-3,6H,4-5H2,1H3;1-2,4-5H,3,6H2,(H,11,12)(H,13,14);1-2,5H,3-4H2,(H,12,13);1H;2H,1H2/b14-11+;;;;;;;. The Kier molecular flexibility index (Phi) is 26.9. The second-order valence-electron chi connectivity index (χ2n) is 24.0. The summed E-state index contributed by atoms with van der Waals surface area (Å²) in [6, 6.07) is 32.3. The number of ketones is 3. The van der Waals surface area contributed by atoms with Crippen molar-refractivity contribution in [2.24, 2.45) is 33.0 Å². The molecule has 11 rings (SSSR count). The Bertz CT molecular complexity index is 3850. The van der Waals surface area contributed by atoms with Crippen LogP contribution in [0.3, 0.4) is 0 Å². The Morgan fingerprint density at radius 1 is 0.473 bits per heavy atom. The number of fused-ring (bicyclic) bond motifs is 5. The molecule has 1 unspecified atom stereocenters. The van der Waals surface area contributed by atoms with Crippen molar-refractivity contribution < 1.29 is 92.6 Å². The topological polar surface area (TPSA) is 373 Å². The fourth-order valence-corrected chi connectivity index (χ4v) is 11.0. The number of benzene rings is 6. The second kappa shape index (κ2) is 33.0. The highest BCUT2D eigenvalue weighted by Gasteiger charge is 2.39. The highest BCUT2D eigenvalue weighted by atomic mass is 35.5. The van der Waals surface area contributed by atoms with Crippen LogP contribution >= 0.6 is 12.4 Å². The van der Waals surface area contributed by atoms with Gasteiger partial charge in [0.05, 0.1) is 67.5 Å². The van der Waals surface area contributed by atoms with E-state index in [0.717, 1.165) is 71.0 Å². The maximum atomic E-state index is 12.0. The molecular formula is C70H78ClN3O19. The summed E-state index contributed by atoms with van der Waals surface area (Å²) in [5.41, 5.74) is 18.7. The number of carbonyl (C=O) groups is 10. The molecule has 0 saturated heterocycles. The quantitative estimate of drug-likeness (QED) is 0.0306. The lowest BCUT2D eigenvalue weighted by molar-refractivity contribution is -0.137. The molecule has 5 aliphatic rings. The van der Waals surface area contributed by atoms with Crippen molar-refractivity contribution in [3.63, 3.8) is 0 Å². The molecule has 0 radical (unpaired) electrons. The minimum absolute atomic E-state index is 0. The monoisotopic (exact) mass is 1300 g/mol. The van der Waals surface area contributed by atoms with E-state index < -0.39 is 29.8 Å². The van der Waals surface area contributed by atoms with Crippen LogP contribution in [0.15, 0.2) is 120 Å². The Morgan fingerprint density at radius 3 is 1.27 bits per heavy atom. The normalized spacial score (nSPS) is 15.8. The van der Waals surface area contributed by atoms with E-state index in [4.69, 9.17) is 36.2 Å². The van der Waals surface area contributed by atoms with Crippen molar-refractivity contribution in [3.05, 3.63) is 210 Å². The molecule has 9 N–H and O–H groups in total. The average Bonchev–Trinajstić information content (AvgIpc) is 1.65. The van der Waals surface area contributed by atoms with Gasteiger partial charge in [-0.3, -0.25) is 19.2 Å². The molecule has 0 heterocycles. The lowest BCUT2D eigenvalue weighted by Crippen LogP contribution is -2.24. The molecule has 6 aromatic carbocycles. The van der Waals surface area contributed by atoms with Crippen LogP contribution in [0.2, 0.25) is 0 Å². The first-order chi connectivity index (χ1) is 43.4. The van der Waals surface area contributed by atoms with Crippen LogP contribution in [0, 0.1) is 16.2 Å². The number of aromatic carboxylic acids is 2. The van der Waals surface area contributed by atoms with E-state index in [2.05, 4.69) is 39.1 Å². The summed E-state index contributed by atoms with van der Waals surface area (Å²) in [4.78, 5) is 111. The lowest BCUT2D eigenvalue weighted by atomic mass is 9.86. The van der Waals surface area contributed by atoms with E-state index in [1.165, 1.54) is 52.2 Å². The van der Waals surface area contributed by atoms with Crippen molar-refractivity contribution in [1.82, 2.24) is 0 Å². The summed E-state index contributed by atoms with van der Waals surface area (Å²) in [6.07, 6.45) is 5.60. The van der Waals surface area contributed by atoms with Gasteiger partial charge in [-0.05, 0) is 156 Å². The summed E-state index contributed by atoms with van der Waals surface area (Å²) >= 11 is 0. The molecule has 0 saturated carbocycles. The van der Waals surface area contributed by atoms with Crippen LogP contribution in [0.5, 0.6) is 0 Å². The van der Waals surface area contributed by atoms with Gasteiger partial charge < -0.3 is 50.4 Å². The summed E-state index contributed by atoms with van der Waals surface area (Å²) < 4.78 is 18.6. The molecule has 0 aliphatic heterocycles. The van der Waals surface area contributed by atoms with E-state index in [-0.39, 0.29) is 81.5 Å². The van der Waals surface area contributed by atoms with Gasteiger partial charge in [0.25, 0.3) is 0 Å². The zero-order valence-corrected chi connectivity index (χ0v) is 54.2. The molecule has 0 amide bonds. The molecule has 22 nitrogen and oxygen atoms in total. The third-order valence-corrected chi connectivity index (χ3v) is 16.1. The first kappa shape index (κ1) is 75.7. The van der Waals surface area contributed by atoms with Crippen LogP contribution in [0.25, 0.3) is 0 Å². The van der Waals surface area contributed by atoms with Gasteiger partial charge >= 0.3 is 41.8 Å². The fourth-order valence-electron chi connectivity index (χ4n) is 11.0. The molecule has 0 spiro atoms. The number of nitrogens with zero attached hydrogens (tertiary/aromatic N) is 1. The number of hydrogen-bond acceptors (Lipinski definition) is 19. The van der Waals surface area contributed by atoms with Crippen LogP contribution in [-0.4, -0.2) is 119 Å². The van der Waals surface area contributed by atoms with E-state index >= 15 is 0 Å². The summed E-state index contributed by atoms with van der Waals surface area (Å²) in [6.45, 7) is 12.2. The largest absolute Gasteiger partial charge is 0.481 e. The number of hydrogen-bond donors (Lipinski definition) is 7. The van der Waals surface area contributed by atoms with Gasteiger partial charge in [0.1, 0.15) is 0 Å². The molecular weight excluding hydrogens is 1220 g/mol. The summed E-state index contributed by atoms with van der Waals surface area (Å²) in [7, 11) is 5.40. The predicted molar refractivity (Wildman–Crippen MR) is 344 cm³/mol. The number of Topliss-reactive ketones (excluding diaryl/α,β-unsaturated/α-hetero) is 3. The number of halogens is 1. The minimum atomic E-state index is -0.984. The van der Waals surface area contributed by atoms with Crippen LogP contribution in [0.1, 0.15) is 205 Å². The van der Waals surface area contributed by atoms with Gasteiger partial charge in [0, 0.05) is 58.4 Å². The van der Waals surface area contributed by atoms with E-state index in [9.17, 15) is 47.9 Å². The lowest BCUT2D eigenvalue weighted by Gasteiger charge is -2.23. The number of methoxy groups -OCH3 is 4. The number of aryl methyl sites for hydroxylation is 3. The summed E-state index contributed by atoms with van der Waals surface area (Å²) in [5.74, 6) is -0.524. The number of carbonyl (C=O) groups excluding carboxylic acids is 7. The molecule has 93 heavy (non-hydrogen) atoms. The first-order valence-electron chi connectivity index (χ1n) is 29.0. The smallest absolute Gasteiger partial charge is 0.337 e. The molecule has 0 aromatic heterocycles. The van der Waals surface area contributed by atoms with Gasteiger partial charge in [-0.2, -0.15) is 0 Å². The van der Waals surface area contributed by atoms with Gasteiger partial charge in [-0.25, -0.2) is 34.7 Å². The highest BCUT2D eigenvalue weighted by molar-refractivity contribution is 6.10. The van der Waals surface area contributed by atoms with Crippen LogP contribution in [-0.2, 0) is 62.3 Å². The maximum Gasteiger partial charge on any atom is 0.337 e. The van der Waals surface area contributed by atoms with Gasteiger partial charge in [-0.1, -0.05) is 89.2 Å². The number of ether oxygens (including phenoxy) is 4. The first-order valence-corrected chi connectivity index (χ1v) is 29.0. The molecule has 23 heteroatoms. The zero-order chi connectivity index (χ0) is 68.6. The van der Waals surface area contributed by atoms with E-state index in [0.29, 0.717) is 63.9 Å². The Morgan fingerprint density at radius 2 is 0.839 bits per heavy atom. The molecule has 0 bridgehead atoms. The number of nitrogens with two attached hydrogens (primary N) is 2. The fraction of sp³-hybridized carbons (Fsp3) is 0.329. The second-order valence-corrected chi connectivity index (χ2v) is 24.0. The van der Waals surface area contributed by atoms with Crippen LogP contribution < -0.4 is 11.6 Å². The predicted octanol–water partition coefficient (Wildman–Crippen LogP) is 10.8. The molecule has 5 aliphatic carbocycles. The van der Waals surface area contributed by atoms with E-state index in [1.54, 1.807) is 66.7 Å². The molecule has 494 valence electrons.